The third-order valence-corrected chi connectivity index (χ3v) is 6.74. The normalized spacial score (nSPS) is 14.9. The Kier molecular flexibility index (Phi) is 4.36. The van der Waals surface area contributed by atoms with Crippen LogP contribution in [0.1, 0.15) is 51.6 Å². The molecule has 2 aliphatic rings. The average molecular weight is 440 g/mol. The van der Waals surface area contributed by atoms with Gasteiger partial charge in [-0.25, -0.2) is 4.98 Å². The van der Waals surface area contributed by atoms with E-state index in [1.165, 1.54) is 24.2 Å². The van der Waals surface area contributed by atoms with Crippen molar-refractivity contribution in [2.24, 2.45) is 7.05 Å². The van der Waals surface area contributed by atoms with Crippen LogP contribution in [-0.4, -0.2) is 30.6 Å². The molecular formula is C25H25N7O. The van der Waals surface area contributed by atoms with E-state index in [9.17, 15) is 4.79 Å². The van der Waals surface area contributed by atoms with Gasteiger partial charge < -0.3 is 15.2 Å². The van der Waals surface area contributed by atoms with Crippen molar-refractivity contribution in [2.75, 3.05) is 5.32 Å². The van der Waals surface area contributed by atoms with E-state index in [2.05, 4.69) is 67.5 Å². The molecule has 1 aliphatic heterocycles. The SMILES string of the molecule is Cc1cc(-c2nc(Nc3ccc4c(c3C)CNC4=O)n[nH]2)ccc1-c1cnc(C2CC2)n1C. The summed E-state index contributed by atoms with van der Waals surface area (Å²) in [5.41, 5.74) is 8.13. The molecule has 8 nitrogen and oxygen atoms in total. The van der Waals surface area contributed by atoms with Crippen LogP contribution in [0.5, 0.6) is 0 Å². The average Bonchev–Trinajstić information content (AvgIpc) is 3.22. The second-order valence-electron chi connectivity index (χ2n) is 8.94. The maximum absolute atomic E-state index is 11.9. The smallest absolute Gasteiger partial charge is 0.251 e. The summed E-state index contributed by atoms with van der Waals surface area (Å²) in [5, 5.41) is 13.5. The van der Waals surface area contributed by atoms with Gasteiger partial charge in [0.2, 0.25) is 5.95 Å². The first-order valence-corrected chi connectivity index (χ1v) is 11.2. The topological polar surface area (TPSA) is 101 Å². The molecule has 2 aromatic heterocycles. The number of aromatic nitrogens is 5. The lowest BCUT2D eigenvalue weighted by atomic mass is 10.0. The Labute approximate surface area is 191 Å². The zero-order valence-corrected chi connectivity index (χ0v) is 18.9. The molecule has 2 aromatic carbocycles. The summed E-state index contributed by atoms with van der Waals surface area (Å²) in [4.78, 5) is 21.2. The van der Waals surface area contributed by atoms with Crippen LogP contribution in [-0.2, 0) is 13.6 Å². The van der Waals surface area contributed by atoms with Crippen LogP contribution in [0.3, 0.4) is 0 Å². The van der Waals surface area contributed by atoms with Crippen LogP contribution in [0.25, 0.3) is 22.6 Å². The number of anilines is 2. The lowest BCUT2D eigenvalue weighted by molar-refractivity contribution is 0.0966. The Hall–Kier alpha value is -3.94. The van der Waals surface area contributed by atoms with Crippen molar-refractivity contribution in [3.8, 4) is 22.6 Å². The highest BCUT2D eigenvalue weighted by atomic mass is 16.1. The number of carbonyl (C=O) groups excluding carboxylic acids is 1. The number of aromatic amines is 1. The van der Waals surface area contributed by atoms with Gasteiger partial charge in [0, 0.05) is 41.9 Å². The Bertz CT molecular complexity index is 1410. The van der Waals surface area contributed by atoms with Crippen LogP contribution in [0, 0.1) is 13.8 Å². The Morgan fingerprint density at radius 3 is 2.73 bits per heavy atom. The van der Waals surface area contributed by atoms with Crippen LogP contribution in [0.2, 0.25) is 0 Å². The summed E-state index contributed by atoms with van der Waals surface area (Å²) in [6.45, 7) is 4.67. The van der Waals surface area contributed by atoms with Crippen LogP contribution in [0.4, 0.5) is 11.6 Å². The van der Waals surface area contributed by atoms with Crippen LogP contribution >= 0.6 is 0 Å². The molecule has 8 heteroatoms. The summed E-state index contributed by atoms with van der Waals surface area (Å²) in [5.74, 6) is 2.98. The second kappa shape index (κ2) is 7.30. The van der Waals surface area contributed by atoms with Gasteiger partial charge in [-0.2, -0.15) is 4.98 Å². The Balaban J connectivity index is 1.25. The van der Waals surface area contributed by atoms with Gasteiger partial charge in [-0.3, -0.25) is 9.89 Å². The number of rotatable bonds is 5. The Morgan fingerprint density at radius 2 is 1.94 bits per heavy atom. The van der Waals surface area contributed by atoms with Gasteiger partial charge in [0.05, 0.1) is 11.9 Å². The van der Waals surface area contributed by atoms with Gasteiger partial charge in [-0.15, -0.1) is 5.10 Å². The number of aryl methyl sites for hydroxylation is 1. The van der Waals surface area contributed by atoms with Gasteiger partial charge in [0.25, 0.3) is 5.91 Å². The quantitative estimate of drug-likeness (QED) is 0.429. The number of carbonyl (C=O) groups is 1. The first-order chi connectivity index (χ1) is 16.0. The van der Waals surface area contributed by atoms with E-state index in [0.29, 0.717) is 24.2 Å². The molecule has 3 N–H and O–H groups in total. The molecule has 0 bridgehead atoms. The van der Waals surface area contributed by atoms with Crippen LogP contribution < -0.4 is 10.6 Å². The summed E-state index contributed by atoms with van der Waals surface area (Å²) in [7, 11) is 2.10. The zero-order chi connectivity index (χ0) is 22.7. The van der Waals surface area contributed by atoms with E-state index >= 15 is 0 Å². The zero-order valence-electron chi connectivity index (χ0n) is 18.9. The number of benzene rings is 2. The number of nitrogens with one attached hydrogen (secondary N) is 3. The third kappa shape index (κ3) is 3.29. The number of hydrogen-bond donors (Lipinski definition) is 3. The highest BCUT2D eigenvalue weighted by Crippen LogP contribution is 2.40. The summed E-state index contributed by atoms with van der Waals surface area (Å²) >= 11 is 0. The Morgan fingerprint density at radius 1 is 1.12 bits per heavy atom. The van der Waals surface area contributed by atoms with Gasteiger partial charge >= 0.3 is 0 Å². The van der Waals surface area contributed by atoms with Crippen molar-refractivity contribution < 1.29 is 4.79 Å². The van der Waals surface area contributed by atoms with E-state index in [1.807, 2.05) is 25.3 Å². The highest BCUT2D eigenvalue weighted by Gasteiger charge is 2.28. The summed E-state index contributed by atoms with van der Waals surface area (Å²) in [6.07, 6.45) is 4.46. The molecule has 0 radical (unpaired) electrons. The highest BCUT2D eigenvalue weighted by molar-refractivity contribution is 5.99. The van der Waals surface area contributed by atoms with E-state index in [4.69, 9.17) is 0 Å². The first-order valence-electron chi connectivity index (χ1n) is 11.2. The number of nitrogens with zero attached hydrogens (tertiary/aromatic N) is 4. The largest absolute Gasteiger partial charge is 0.348 e. The predicted octanol–water partition coefficient (Wildman–Crippen LogP) is 4.35. The van der Waals surface area contributed by atoms with Crippen LogP contribution in [0.15, 0.2) is 36.5 Å². The van der Waals surface area contributed by atoms with E-state index in [1.54, 1.807) is 0 Å². The third-order valence-electron chi connectivity index (χ3n) is 6.74. The fourth-order valence-electron chi connectivity index (χ4n) is 4.66. The fourth-order valence-corrected chi connectivity index (χ4v) is 4.66. The number of fused-ring (bicyclic) bond motifs is 1. The molecule has 33 heavy (non-hydrogen) atoms. The predicted molar refractivity (Wildman–Crippen MR) is 126 cm³/mol. The van der Waals surface area contributed by atoms with Crippen molar-refractivity contribution in [3.05, 3.63) is 64.6 Å². The van der Waals surface area contributed by atoms with Gasteiger partial charge in [0.15, 0.2) is 5.82 Å². The van der Waals surface area contributed by atoms with Crippen molar-refractivity contribution >= 4 is 17.5 Å². The molecule has 0 saturated heterocycles. The molecule has 0 atom stereocenters. The molecule has 166 valence electrons. The van der Waals surface area contributed by atoms with Gasteiger partial charge in [-0.05, 0) is 61.6 Å². The second-order valence-corrected chi connectivity index (χ2v) is 8.94. The fraction of sp³-hybridized carbons (Fsp3) is 0.280. The van der Waals surface area contributed by atoms with E-state index < -0.39 is 0 Å². The van der Waals surface area contributed by atoms with Gasteiger partial charge in [-0.1, -0.05) is 12.1 Å². The standard InChI is InChI=1S/C25H25N7O/c1-13-10-16(6-7-17(13)21-12-26-23(32(21)3)15-4-5-15)22-29-25(31-30-22)28-20-9-8-18-19(14(20)2)11-27-24(18)33/h6-10,12,15H,4-5,11H2,1-3H3,(H,27,33)(H2,28,29,30,31). The molecule has 4 aromatic rings. The monoisotopic (exact) mass is 439 g/mol. The minimum atomic E-state index is -0.0199. The van der Waals surface area contributed by atoms with Crippen molar-refractivity contribution in [3.63, 3.8) is 0 Å². The summed E-state index contributed by atoms with van der Waals surface area (Å²) < 4.78 is 2.22. The summed E-state index contributed by atoms with van der Waals surface area (Å²) in [6, 6.07) is 10.1. The molecule has 0 unspecified atom stereocenters. The molecule has 1 amide bonds. The van der Waals surface area contributed by atoms with Gasteiger partial charge in [0.1, 0.15) is 5.82 Å². The molecule has 1 aliphatic carbocycles. The minimum absolute atomic E-state index is 0.0199. The van der Waals surface area contributed by atoms with Crippen molar-refractivity contribution in [1.82, 2.24) is 30.0 Å². The van der Waals surface area contributed by atoms with Crippen molar-refractivity contribution in [1.29, 1.82) is 0 Å². The van der Waals surface area contributed by atoms with E-state index in [0.717, 1.165) is 39.2 Å². The lowest BCUT2D eigenvalue weighted by Gasteiger charge is -2.10. The minimum Gasteiger partial charge on any atom is -0.348 e. The van der Waals surface area contributed by atoms with Crippen molar-refractivity contribution in [2.45, 2.75) is 39.2 Å². The molecule has 3 heterocycles. The molecular weight excluding hydrogens is 414 g/mol. The first kappa shape index (κ1) is 19.7. The molecule has 1 saturated carbocycles. The number of H-pyrrole nitrogens is 1. The maximum atomic E-state index is 11.9. The number of imidazole rings is 1. The molecule has 0 spiro atoms. The molecule has 6 rings (SSSR count). The number of amides is 1. The molecule has 1 fully saturated rings. The lowest BCUT2D eigenvalue weighted by Crippen LogP contribution is -2.12. The maximum Gasteiger partial charge on any atom is 0.251 e. The van der Waals surface area contributed by atoms with E-state index in [-0.39, 0.29) is 5.91 Å². The number of hydrogen-bond acceptors (Lipinski definition) is 5.